The molecule has 0 aliphatic heterocycles. The van der Waals surface area contributed by atoms with E-state index < -0.39 is 0 Å². The zero-order valence-electron chi connectivity index (χ0n) is 11.0. The van der Waals surface area contributed by atoms with E-state index in [1.165, 1.54) is 0 Å². The molecule has 4 N–H and O–H groups in total. The van der Waals surface area contributed by atoms with Crippen LogP contribution in [0.2, 0.25) is 0 Å². The number of aromatic nitrogens is 2. The van der Waals surface area contributed by atoms with E-state index in [-0.39, 0.29) is 5.91 Å². The number of anilines is 2. The summed E-state index contributed by atoms with van der Waals surface area (Å²) in [7, 11) is 0. The average Bonchev–Trinajstić information content (AvgIpc) is 2.34. The molecule has 0 radical (unpaired) electrons. The van der Waals surface area contributed by atoms with E-state index in [2.05, 4.69) is 27.5 Å². The van der Waals surface area contributed by atoms with Crippen LogP contribution in [0, 0.1) is 6.92 Å². The van der Waals surface area contributed by atoms with Crippen LogP contribution in [0.3, 0.4) is 0 Å². The molecule has 1 rings (SSSR count). The van der Waals surface area contributed by atoms with Crippen LogP contribution in [0.4, 0.5) is 11.8 Å². The minimum atomic E-state index is -0.276. The van der Waals surface area contributed by atoms with Crippen molar-refractivity contribution in [2.24, 2.45) is 5.73 Å². The zero-order chi connectivity index (χ0) is 13.4. The first-order chi connectivity index (χ1) is 8.63. The first-order valence-electron chi connectivity index (χ1n) is 6.23. The lowest BCUT2D eigenvalue weighted by molar-refractivity contribution is -0.118. The number of hydrogen-bond donors (Lipinski definition) is 3. The van der Waals surface area contributed by atoms with Gasteiger partial charge in [0.15, 0.2) is 0 Å². The quantitative estimate of drug-likeness (QED) is 0.605. The van der Waals surface area contributed by atoms with Gasteiger partial charge in [0.2, 0.25) is 11.9 Å². The Morgan fingerprint density at radius 3 is 2.83 bits per heavy atom. The van der Waals surface area contributed by atoms with E-state index in [0.29, 0.717) is 25.3 Å². The Kier molecular flexibility index (Phi) is 5.90. The largest absolute Gasteiger partial charge is 0.370 e. The molecule has 6 nitrogen and oxygen atoms in total. The van der Waals surface area contributed by atoms with Gasteiger partial charge in [0, 0.05) is 31.3 Å². The van der Waals surface area contributed by atoms with Crippen LogP contribution in [0.25, 0.3) is 0 Å². The molecule has 0 bridgehead atoms. The zero-order valence-corrected chi connectivity index (χ0v) is 11.0. The Balaban J connectivity index is 2.49. The van der Waals surface area contributed by atoms with E-state index in [1.54, 1.807) is 6.20 Å². The molecule has 1 aromatic rings. The Labute approximate surface area is 107 Å². The molecule has 1 amide bonds. The Morgan fingerprint density at radius 1 is 1.39 bits per heavy atom. The van der Waals surface area contributed by atoms with Gasteiger partial charge in [-0.3, -0.25) is 4.79 Å². The number of primary amides is 1. The number of carbonyl (C=O) groups excluding carboxylic acids is 1. The molecular weight excluding hydrogens is 230 g/mol. The highest BCUT2D eigenvalue weighted by atomic mass is 16.1. The number of nitrogens with zero attached hydrogens (tertiary/aromatic N) is 2. The van der Waals surface area contributed by atoms with E-state index in [1.807, 2.05) is 6.92 Å². The van der Waals surface area contributed by atoms with E-state index in [0.717, 1.165) is 24.3 Å². The van der Waals surface area contributed by atoms with Crippen molar-refractivity contribution in [1.29, 1.82) is 0 Å². The number of nitrogens with two attached hydrogens (primary N) is 1. The molecule has 0 aliphatic rings. The third-order valence-corrected chi connectivity index (χ3v) is 2.40. The molecule has 100 valence electrons. The summed E-state index contributed by atoms with van der Waals surface area (Å²) in [6.07, 6.45) is 3.90. The molecule has 18 heavy (non-hydrogen) atoms. The lowest BCUT2D eigenvalue weighted by Gasteiger charge is -2.10. The molecule has 0 unspecified atom stereocenters. The van der Waals surface area contributed by atoms with E-state index >= 15 is 0 Å². The molecule has 0 fully saturated rings. The average molecular weight is 251 g/mol. The molecule has 1 heterocycles. The van der Waals surface area contributed by atoms with E-state index in [4.69, 9.17) is 5.73 Å². The second-order valence-electron chi connectivity index (χ2n) is 4.15. The first kappa shape index (κ1) is 14.2. The molecule has 0 spiro atoms. The number of nitrogens with one attached hydrogen (secondary N) is 2. The molecule has 0 atom stereocenters. The fraction of sp³-hybridized carbons (Fsp3) is 0.583. The van der Waals surface area contributed by atoms with Crippen LogP contribution in [0.5, 0.6) is 0 Å². The van der Waals surface area contributed by atoms with Gasteiger partial charge in [0.1, 0.15) is 5.82 Å². The van der Waals surface area contributed by atoms with Crippen molar-refractivity contribution in [3.8, 4) is 0 Å². The Hall–Kier alpha value is -1.85. The molecular formula is C12H21N5O. The maximum Gasteiger partial charge on any atom is 0.224 e. The second kappa shape index (κ2) is 7.47. The van der Waals surface area contributed by atoms with Gasteiger partial charge >= 0.3 is 0 Å². The third-order valence-electron chi connectivity index (χ3n) is 2.40. The summed E-state index contributed by atoms with van der Waals surface area (Å²) in [6.45, 7) is 5.56. The number of hydrogen-bond acceptors (Lipinski definition) is 5. The lowest BCUT2D eigenvalue weighted by Crippen LogP contribution is -2.14. The fourth-order valence-corrected chi connectivity index (χ4v) is 1.41. The lowest BCUT2D eigenvalue weighted by atomic mass is 10.3. The van der Waals surface area contributed by atoms with Gasteiger partial charge in [-0.1, -0.05) is 6.92 Å². The molecule has 0 saturated heterocycles. The smallest absolute Gasteiger partial charge is 0.224 e. The maximum absolute atomic E-state index is 10.6. The maximum atomic E-state index is 10.6. The van der Waals surface area contributed by atoms with Crippen molar-refractivity contribution < 1.29 is 4.79 Å². The molecule has 1 aromatic heterocycles. The van der Waals surface area contributed by atoms with Gasteiger partial charge in [0.25, 0.3) is 0 Å². The van der Waals surface area contributed by atoms with Gasteiger partial charge < -0.3 is 16.4 Å². The Bertz CT molecular complexity index is 394. The molecule has 0 saturated carbocycles. The van der Waals surface area contributed by atoms with Crippen molar-refractivity contribution in [2.45, 2.75) is 33.1 Å². The van der Waals surface area contributed by atoms with E-state index in [9.17, 15) is 4.79 Å². The normalized spacial score (nSPS) is 10.1. The summed E-state index contributed by atoms with van der Waals surface area (Å²) < 4.78 is 0. The standard InChI is InChI=1S/C12H21N5O/c1-3-6-15-12-16-8-9(2)11(17-12)14-7-4-5-10(13)18/h8H,3-7H2,1-2H3,(H2,13,18)(H2,14,15,16,17). The minimum absolute atomic E-state index is 0.276. The van der Waals surface area contributed by atoms with Crippen molar-refractivity contribution >= 4 is 17.7 Å². The van der Waals surface area contributed by atoms with Gasteiger partial charge in [-0.25, -0.2) is 4.98 Å². The van der Waals surface area contributed by atoms with Crippen LogP contribution in [0.1, 0.15) is 31.7 Å². The van der Waals surface area contributed by atoms with Crippen LogP contribution in [-0.2, 0) is 4.79 Å². The van der Waals surface area contributed by atoms with Gasteiger partial charge in [-0.15, -0.1) is 0 Å². The Morgan fingerprint density at radius 2 is 2.17 bits per heavy atom. The number of rotatable bonds is 8. The first-order valence-corrected chi connectivity index (χ1v) is 6.23. The highest BCUT2D eigenvalue weighted by molar-refractivity contribution is 5.73. The predicted molar refractivity (Wildman–Crippen MR) is 72.5 cm³/mol. The summed E-state index contributed by atoms with van der Waals surface area (Å²) >= 11 is 0. The minimum Gasteiger partial charge on any atom is -0.370 e. The van der Waals surface area contributed by atoms with Crippen molar-refractivity contribution in [2.75, 3.05) is 23.7 Å². The summed E-state index contributed by atoms with van der Waals surface area (Å²) in [5.41, 5.74) is 6.06. The predicted octanol–water partition coefficient (Wildman–Crippen LogP) is 1.28. The number of amides is 1. The molecule has 0 aliphatic carbocycles. The van der Waals surface area contributed by atoms with Crippen molar-refractivity contribution in [1.82, 2.24) is 9.97 Å². The summed E-state index contributed by atoms with van der Waals surface area (Å²) in [5.74, 6) is 1.15. The van der Waals surface area contributed by atoms with Crippen LogP contribution in [0.15, 0.2) is 6.20 Å². The van der Waals surface area contributed by atoms with Gasteiger partial charge in [-0.05, 0) is 19.8 Å². The van der Waals surface area contributed by atoms with Crippen molar-refractivity contribution in [3.63, 3.8) is 0 Å². The third kappa shape index (κ3) is 4.99. The highest BCUT2D eigenvalue weighted by Crippen LogP contribution is 2.12. The topological polar surface area (TPSA) is 92.9 Å². The monoisotopic (exact) mass is 251 g/mol. The summed E-state index contributed by atoms with van der Waals surface area (Å²) in [5, 5.41) is 6.32. The van der Waals surface area contributed by atoms with Gasteiger partial charge in [-0.2, -0.15) is 4.98 Å². The highest BCUT2D eigenvalue weighted by Gasteiger charge is 2.03. The fourth-order valence-electron chi connectivity index (χ4n) is 1.41. The van der Waals surface area contributed by atoms with Crippen LogP contribution in [-0.4, -0.2) is 29.0 Å². The number of aryl methyl sites for hydroxylation is 1. The van der Waals surface area contributed by atoms with Crippen molar-refractivity contribution in [3.05, 3.63) is 11.8 Å². The number of carbonyl (C=O) groups is 1. The SMILES string of the molecule is CCCNc1ncc(C)c(NCCCC(N)=O)n1. The van der Waals surface area contributed by atoms with Crippen LogP contribution >= 0.6 is 0 Å². The summed E-state index contributed by atoms with van der Waals surface area (Å²) in [6, 6.07) is 0. The summed E-state index contributed by atoms with van der Waals surface area (Å²) in [4.78, 5) is 19.2. The van der Waals surface area contributed by atoms with Crippen LogP contribution < -0.4 is 16.4 Å². The molecule has 0 aromatic carbocycles. The van der Waals surface area contributed by atoms with Gasteiger partial charge in [0.05, 0.1) is 0 Å². The second-order valence-corrected chi connectivity index (χ2v) is 4.15. The molecule has 6 heteroatoms.